The van der Waals surface area contributed by atoms with Crippen LogP contribution in [0.2, 0.25) is 0 Å². The van der Waals surface area contributed by atoms with Crippen molar-refractivity contribution in [1.29, 1.82) is 5.26 Å². The molecule has 0 spiro atoms. The van der Waals surface area contributed by atoms with Crippen molar-refractivity contribution >= 4 is 21.6 Å². The molecule has 0 heterocycles. The second-order valence-corrected chi connectivity index (χ2v) is 6.03. The minimum absolute atomic E-state index is 0.116. The zero-order valence-corrected chi connectivity index (χ0v) is 11.5. The molecule has 0 aliphatic heterocycles. The number of aliphatic hydroxyl groups excluding tert-OH is 1. The van der Waals surface area contributed by atoms with Crippen LogP contribution in [-0.4, -0.2) is 17.3 Å². The third-order valence-electron chi connectivity index (χ3n) is 3.58. The molecule has 17 heavy (non-hydrogen) atoms. The fraction of sp³-hybridized carbons (Fsp3) is 0.462. The number of nitrogens with one attached hydrogen (secondary N) is 1. The summed E-state index contributed by atoms with van der Waals surface area (Å²) >= 11 is 3.38. The van der Waals surface area contributed by atoms with E-state index in [1.165, 1.54) is 0 Å². The van der Waals surface area contributed by atoms with Crippen LogP contribution in [0, 0.1) is 16.7 Å². The number of nitriles is 1. The topological polar surface area (TPSA) is 56.0 Å². The second kappa shape index (κ2) is 4.32. The number of halogens is 1. The van der Waals surface area contributed by atoms with Gasteiger partial charge in [-0.2, -0.15) is 5.26 Å². The number of anilines is 1. The molecule has 1 aliphatic carbocycles. The van der Waals surface area contributed by atoms with Gasteiger partial charge in [-0.1, -0.05) is 29.8 Å². The van der Waals surface area contributed by atoms with Gasteiger partial charge in [-0.05, 0) is 24.6 Å². The van der Waals surface area contributed by atoms with Gasteiger partial charge in [0.15, 0.2) is 0 Å². The Morgan fingerprint density at radius 3 is 2.71 bits per heavy atom. The molecule has 90 valence electrons. The van der Waals surface area contributed by atoms with Crippen molar-refractivity contribution in [2.45, 2.75) is 32.4 Å². The molecule has 1 fully saturated rings. The normalized spacial score (nSPS) is 25.8. The van der Waals surface area contributed by atoms with Gasteiger partial charge in [0.05, 0.1) is 17.7 Å². The third kappa shape index (κ3) is 2.31. The molecule has 1 aromatic rings. The SMILES string of the molecule is CC1(C)C(O)CC1Nc1cc(Br)cc(C#N)c1. The Morgan fingerprint density at radius 1 is 1.47 bits per heavy atom. The van der Waals surface area contributed by atoms with Crippen LogP contribution in [0.15, 0.2) is 22.7 Å². The summed E-state index contributed by atoms with van der Waals surface area (Å²) in [5.41, 5.74) is 1.43. The Hall–Kier alpha value is -1.05. The average Bonchev–Trinajstić information content (AvgIpc) is 2.28. The molecule has 0 radical (unpaired) electrons. The van der Waals surface area contributed by atoms with E-state index >= 15 is 0 Å². The highest BCUT2D eigenvalue weighted by atomic mass is 79.9. The van der Waals surface area contributed by atoms with Gasteiger partial charge in [-0.15, -0.1) is 0 Å². The van der Waals surface area contributed by atoms with Crippen LogP contribution in [0.25, 0.3) is 0 Å². The first-order chi connectivity index (χ1) is 7.93. The van der Waals surface area contributed by atoms with Crippen molar-refractivity contribution in [3.8, 4) is 6.07 Å². The van der Waals surface area contributed by atoms with Crippen molar-refractivity contribution in [2.75, 3.05) is 5.32 Å². The quantitative estimate of drug-likeness (QED) is 0.882. The summed E-state index contributed by atoms with van der Waals surface area (Å²) in [6.45, 7) is 4.09. The highest BCUT2D eigenvalue weighted by Gasteiger charge is 2.47. The Labute approximate surface area is 110 Å². The zero-order valence-electron chi connectivity index (χ0n) is 9.87. The lowest BCUT2D eigenvalue weighted by molar-refractivity contribution is -0.0510. The summed E-state index contributed by atoms with van der Waals surface area (Å²) in [5.74, 6) is 0. The summed E-state index contributed by atoms with van der Waals surface area (Å²) in [6, 6.07) is 7.93. The van der Waals surface area contributed by atoms with Crippen molar-refractivity contribution < 1.29 is 5.11 Å². The van der Waals surface area contributed by atoms with Crippen LogP contribution < -0.4 is 5.32 Å². The maximum Gasteiger partial charge on any atom is 0.0992 e. The van der Waals surface area contributed by atoms with Gasteiger partial charge in [-0.3, -0.25) is 0 Å². The number of hydrogen-bond donors (Lipinski definition) is 2. The van der Waals surface area contributed by atoms with E-state index < -0.39 is 0 Å². The van der Waals surface area contributed by atoms with Crippen LogP contribution in [0.4, 0.5) is 5.69 Å². The number of aliphatic hydroxyl groups is 1. The number of benzene rings is 1. The molecule has 2 unspecified atom stereocenters. The third-order valence-corrected chi connectivity index (χ3v) is 4.04. The Morgan fingerprint density at radius 2 is 2.18 bits per heavy atom. The molecule has 0 saturated heterocycles. The fourth-order valence-electron chi connectivity index (χ4n) is 2.09. The molecule has 1 saturated carbocycles. The Balaban J connectivity index is 2.15. The van der Waals surface area contributed by atoms with E-state index in [0.29, 0.717) is 5.56 Å². The first kappa shape index (κ1) is 12.4. The van der Waals surface area contributed by atoms with Crippen LogP contribution in [-0.2, 0) is 0 Å². The predicted octanol–water partition coefficient (Wildman–Crippen LogP) is 2.89. The molecule has 1 aromatic carbocycles. The molecular formula is C13H15BrN2O. The highest BCUT2D eigenvalue weighted by Crippen LogP contribution is 2.42. The highest BCUT2D eigenvalue weighted by molar-refractivity contribution is 9.10. The fourth-order valence-corrected chi connectivity index (χ4v) is 2.58. The Kier molecular flexibility index (Phi) is 3.15. The number of nitrogens with zero attached hydrogens (tertiary/aromatic N) is 1. The van der Waals surface area contributed by atoms with E-state index in [0.717, 1.165) is 16.6 Å². The van der Waals surface area contributed by atoms with Crippen LogP contribution in [0.3, 0.4) is 0 Å². The van der Waals surface area contributed by atoms with Gasteiger partial charge in [0.25, 0.3) is 0 Å². The molecule has 0 bridgehead atoms. The van der Waals surface area contributed by atoms with E-state index in [1.807, 2.05) is 26.0 Å². The molecule has 2 N–H and O–H groups in total. The van der Waals surface area contributed by atoms with Gasteiger partial charge in [0, 0.05) is 21.6 Å². The predicted molar refractivity (Wildman–Crippen MR) is 70.7 cm³/mol. The van der Waals surface area contributed by atoms with E-state index in [2.05, 4.69) is 27.3 Å². The van der Waals surface area contributed by atoms with E-state index in [1.54, 1.807) is 6.07 Å². The van der Waals surface area contributed by atoms with E-state index in [4.69, 9.17) is 5.26 Å². The van der Waals surface area contributed by atoms with Crippen LogP contribution in [0.5, 0.6) is 0 Å². The summed E-state index contributed by atoms with van der Waals surface area (Å²) in [5, 5.41) is 21.9. The van der Waals surface area contributed by atoms with Crippen LogP contribution >= 0.6 is 15.9 Å². The van der Waals surface area contributed by atoms with Crippen LogP contribution in [0.1, 0.15) is 25.8 Å². The molecule has 3 nitrogen and oxygen atoms in total. The summed E-state index contributed by atoms with van der Waals surface area (Å²) in [7, 11) is 0. The second-order valence-electron chi connectivity index (χ2n) is 5.11. The van der Waals surface area contributed by atoms with Crippen molar-refractivity contribution in [3.05, 3.63) is 28.2 Å². The number of hydrogen-bond acceptors (Lipinski definition) is 3. The first-order valence-corrected chi connectivity index (χ1v) is 6.38. The largest absolute Gasteiger partial charge is 0.392 e. The van der Waals surface area contributed by atoms with Crippen molar-refractivity contribution in [3.63, 3.8) is 0 Å². The first-order valence-electron chi connectivity index (χ1n) is 5.59. The smallest absolute Gasteiger partial charge is 0.0992 e. The molecular weight excluding hydrogens is 280 g/mol. The van der Waals surface area contributed by atoms with Gasteiger partial charge < -0.3 is 10.4 Å². The van der Waals surface area contributed by atoms with E-state index in [-0.39, 0.29) is 17.6 Å². The lowest BCUT2D eigenvalue weighted by Crippen LogP contribution is -2.56. The lowest BCUT2D eigenvalue weighted by Gasteiger charge is -2.49. The molecule has 1 aliphatic rings. The Bertz CT molecular complexity index is 479. The molecule has 4 heteroatoms. The standard InChI is InChI=1S/C13H15BrN2O/c1-13(2)11(6-12(13)17)16-10-4-8(7-15)3-9(14)5-10/h3-5,11-12,16-17H,6H2,1-2H3. The average molecular weight is 295 g/mol. The summed E-state index contributed by atoms with van der Waals surface area (Å²) in [6.07, 6.45) is 0.504. The molecule has 2 rings (SSSR count). The van der Waals surface area contributed by atoms with Crippen molar-refractivity contribution in [1.82, 2.24) is 0 Å². The van der Waals surface area contributed by atoms with Gasteiger partial charge >= 0.3 is 0 Å². The lowest BCUT2D eigenvalue weighted by atomic mass is 9.64. The molecule has 2 atom stereocenters. The number of rotatable bonds is 2. The minimum atomic E-state index is -0.248. The zero-order chi connectivity index (χ0) is 12.6. The molecule has 0 aromatic heterocycles. The van der Waals surface area contributed by atoms with Crippen molar-refractivity contribution in [2.24, 2.45) is 5.41 Å². The molecule has 0 amide bonds. The van der Waals surface area contributed by atoms with Gasteiger partial charge in [-0.25, -0.2) is 0 Å². The summed E-state index contributed by atoms with van der Waals surface area (Å²) in [4.78, 5) is 0. The van der Waals surface area contributed by atoms with E-state index in [9.17, 15) is 5.11 Å². The maximum atomic E-state index is 9.68. The van der Waals surface area contributed by atoms with Gasteiger partial charge in [0.2, 0.25) is 0 Å². The monoisotopic (exact) mass is 294 g/mol. The van der Waals surface area contributed by atoms with Gasteiger partial charge in [0.1, 0.15) is 0 Å². The summed E-state index contributed by atoms with van der Waals surface area (Å²) < 4.78 is 0.886. The maximum absolute atomic E-state index is 9.68. The minimum Gasteiger partial charge on any atom is -0.392 e.